The molecule has 1 saturated carbocycles. The number of halogens is 1. The van der Waals surface area contributed by atoms with E-state index in [9.17, 15) is 13.2 Å². The van der Waals surface area contributed by atoms with Crippen molar-refractivity contribution in [2.24, 2.45) is 10.9 Å². The lowest BCUT2D eigenvalue weighted by molar-refractivity contribution is -0.121. The number of hydrogen-bond donors (Lipinski definition) is 3. The highest BCUT2D eigenvalue weighted by Crippen LogP contribution is 2.28. The summed E-state index contributed by atoms with van der Waals surface area (Å²) in [6.45, 7) is 1.37. The Hall–Kier alpha value is -0.580. The molecule has 2 fully saturated rings. The summed E-state index contributed by atoms with van der Waals surface area (Å²) in [6, 6.07) is -0.231. The van der Waals surface area contributed by atoms with Crippen molar-refractivity contribution in [3.8, 4) is 0 Å². The maximum atomic E-state index is 11.9. The molecule has 1 atom stereocenters. The normalized spacial score (nSPS) is 22.7. The molecule has 1 amide bonds. The molecule has 0 spiro atoms. The van der Waals surface area contributed by atoms with Gasteiger partial charge in [-0.05, 0) is 25.2 Å². The molecule has 3 N–H and O–H groups in total. The average Bonchev–Trinajstić information content (AvgIpc) is 3.19. The molecule has 2 rings (SSSR count). The molecule has 2 aliphatic rings. The van der Waals surface area contributed by atoms with Crippen LogP contribution in [0, 0.1) is 5.92 Å². The molecule has 0 bridgehead atoms. The van der Waals surface area contributed by atoms with Gasteiger partial charge in [0.2, 0.25) is 5.91 Å². The van der Waals surface area contributed by atoms with E-state index in [0.717, 1.165) is 18.9 Å². The van der Waals surface area contributed by atoms with Gasteiger partial charge in [-0.3, -0.25) is 9.79 Å². The van der Waals surface area contributed by atoms with E-state index in [1.165, 1.54) is 32.1 Å². The van der Waals surface area contributed by atoms with Crippen LogP contribution >= 0.6 is 24.0 Å². The molecule has 1 aliphatic heterocycles. The lowest BCUT2D eigenvalue weighted by Gasteiger charge is -2.14. The van der Waals surface area contributed by atoms with Crippen molar-refractivity contribution in [3.63, 3.8) is 0 Å². The number of sulfone groups is 1. The summed E-state index contributed by atoms with van der Waals surface area (Å²) in [7, 11) is -1.24. The van der Waals surface area contributed by atoms with Crippen LogP contribution in [0.5, 0.6) is 0 Å². The lowest BCUT2D eigenvalue weighted by Crippen LogP contribution is -2.41. The van der Waals surface area contributed by atoms with Crippen LogP contribution < -0.4 is 16.0 Å². The van der Waals surface area contributed by atoms with E-state index in [1.807, 2.05) is 0 Å². The van der Waals surface area contributed by atoms with Crippen LogP contribution in [0.2, 0.25) is 0 Å². The SMILES string of the molecule is CN=C(NCCCC1CCCC1)NCCC(=O)NC1CCS(=O)(=O)C1.I. The number of amides is 1. The Kier molecular flexibility index (Phi) is 10.8. The third-order valence-electron chi connectivity index (χ3n) is 5.02. The summed E-state index contributed by atoms with van der Waals surface area (Å²) < 4.78 is 22.8. The maximum Gasteiger partial charge on any atom is 0.222 e. The molecule has 0 aromatic carbocycles. The van der Waals surface area contributed by atoms with E-state index < -0.39 is 9.84 Å². The summed E-state index contributed by atoms with van der Waals surface area (Å²) in [5.74, 6) is 1.73. The monoisotopic (exact) mass is 500 g/mol. The quantitative estimate of drug-likeness (QED) is 0.203. The van der Waals surface area contributed by atoms with Crippen molar-refractivity contribution in [1.29, 1.82) is 0 Å². The minimum Gasteiger partial charge on any atom is -0.356 e. The first-order valence-corrected chi connectivity index (χ1v) is 11.2. The number of rotatable bonds is 8. The van der Waals surface area contributed by atoms with E-state index in [1.54, 1.807) is 7.05 Å². The number of guanidine groups is 1. The number of hydrogen-bond acceptors (Lipinski definition) is 4. The first-order chi connectivity index (χ1) is 12.0. The molecular formula is C17H33IN4O3S. The highest BCUT2D eigenvalue weighted by atomic mass is 127. The molecular weight excluding hydrogens is 467 g/mol. The van der Waals surface area contributed by atoms with Crippen molar-refractivity contribution >= 4 is 45.7 Å². The average molecular weight is 500 g/mol. The van der Waals surface area contributed by atoms with Gasteiger partial charge in [-0.25, -0.2) is 8.42 Å². The van der Waals surface area contributed by atoms with Gasteiger partial charge in [0.15, 0.2) is 15.8 Å². The van der Waals surface area contributed by atoms with Crippen molar-refractivity contribution < 1.29 is 13.2 Å². The van der Waals surface area contributed by atoms with Gasteiger partial charge in [-0.15, -0.1) is 24.0 Å². The smallest absolute Gasteiger partial charge is 0.222 e. The van der Waals surface area contributed by atoms with Crippen LogP contribution in [0.1, 0.15) is 51.4 Å². The van der Waals surface area contributed by atoms with E-state index in [0.29, 0.717) is 25.3 Å². The number of aliphatic imine (C=N–C) groups is 1. The number of carbonyl (C=O) groups is 1. The molecule has 1 heterocycles. The molecule has 152 valence electrons. The largest absolute Gasteiger partial charge is 0.356 e. The Morgan fingerprint density at radius 3 is 2.42 bits per heavy atom. The summed E-state index contributed by atoms with van der Waals surface area (Å²) in [6.07, 6.45) is 8.77. The first-order valence-electron chi connectivity index (χ1n) is 9.43. The van der Waals surface area contributed by atoms with Gasteiger partial charge in [-0.1, -0.05) is 25.7 Å². The van der Waals surface area contributed by atoms with Crippen molar-refractivity contribution in [2.45, 2.75) is 57.4 Å². The molecule has 9 heteroatoms. The highest BCUT2D eigenvalue weighted by molar-refractivity contribution is 14.0. The fourth-order valence-electron chi connectivity index (χ4n) is 3.62. The summed E-state index contributed by atoms with van der Waals surface area (Å²) in [5, 5.41) is 9.20. The van der Waals surface area contributed by atoms with Crippen LogP contribution in [0.3, 0.4) is 0 Å². The van der Waals surface area contributed by atoms with Crippen LogP contribution in [0.4, 0.5) is 0 Å². The van der Waals surface area contributed by atoms with Gasteiger partial charge in [-0.2, -0.15) is 0 Å². The third kappa shape index (κ3) is 8.88. The molecule has 0 aromatic heterocycles. The molecule has 1 aliphatic carbocycles. The first kappa shape index (κ1) is 23.5. The molecule has 0 aromatic rings. The molecule has 7 nitrogen and oxygen atoms in total. The number of nitrogens with zero attached hydrogens (tertiary/aromatic N) is 1. The maximum absolute atomic E-state index is 11.9. The van der Waals surface area contributed by atoms with E-state index in [2.05, 4.69) is 20.9 Å². The lowest BCUT2D eigenvalue weighted by atomic mass is 10.0. The Bertz CT molecular complexity index is 562. The van der Waals surface area contributed by atoms with Gasteiger partial charge in [0.05, 0.1) is 11.5 Å². The van der Waals surface area contributed by atoms with E-state index in [4.69, 9.17) is 0 Å². The van der Waals surface area contributed by atoms with E-state index in [-0.39, 0.29) is 47.4 Å². The van der Waals surface area contributed by atoms with Crippen LogP contribution in [0.15, 0.2) is 4.99 Å². The van der Waals surface area contributed by atoms with Gasteiger partial charge in [0.1, 0.15) is 0 Å². The summed E-state index contributed by atoms with van der Waals surface area (Å²) in [4.78, 5) is 16.0. The van der Waals surface area contributed by atoms with Crippen molar-refractivity contribution in [2.75, 3.05) is 31.6 Å². The topological polar surface area (TPSA) is 99.7 Å². The van der Waals surface area contributed by atoms with Crippen molar-refractivity contribution in [3.05, 3.63) is 0 Å². The predicted octanol–water partition coefficient (Wildman–Crippen LogP) is 1.43. The second-order valence-electron chi connectivity index (χ2n) is 7.14. The van der Waals surface area contributed by atoms with Gasteiger partial charge >= 0.3 is 0 Å². The standard InChI is InChI=1S/C17H32N4O3S.HI/c1-18-17(19-10-4-7-14-5-2-3-6-14)20-11-8-16(22)21-15-9-12-25(23,24)13-15;/h14-15H,2-13H2,1H3,(H,21,22)(H2,18,19,20);1H. The molecule has 1 saturated heterocycles. The second kappa shape index (κ2) is 12.0. The molecule has 0 radical (unpaired) electrons. The zero-order valence-corrected chi connectivity index (χ0v) is 18.8. The van der Waals surface area contributed by atoms with Gasteiger partial charge in [0, 0.05) is 32.6 Å². The minimum absolute atomic E-state index is 0. The predicted molar refractivity (Wildman–Crippen MR) is 116 cm³/mol. The Labute approximate surface area is 174 Å². The molecule has 26 heavy (non-hydrogen) atoms. The zero-order valence-electron chi connectivity index (χ0n) is 15.6. The van der Waals surface area contributed by atoms with Gasteiger partial charge < -0.3 is 16.0 Å². The fraction of sp³-hybridized carbons (Fsp3) is 0.882. The number of carbonyl (C=O) groups excluding carboxylic acids is 1. The minimum atomic E-state index is -2.96. The Balaban J connectivity index is 0.00000338. The van der Waals surface area contributed by atoms with E-state index >= 15 is 0 Å². The van der Waals surface area contributed by atoms with Crippen LogP contribution in [-0.2, 0) is 14.6 Å². The fourth-order valence-corrected chi connectivity index (χ4v) is 5.29. The number of nitrogens with one attached hydrogen (secondary N) is 3. The summed E-state index contributed by atoms with van der Waals surface area (Å²) in [5.41, 5.74) is 0. The van der Waals surface area contributed by atoms with Crippen LogP contribution in [-0.4, -0.2) is 58.0 Å². The zero-order chi connectivity index (χ0) is 18.1. The third-order valence-corrected chi connectivity index (χ3v) is 6.79. The van der Waals surface area contributed by atoms with Crippen molar-refractivity contribution in [1.82, 2.24) is 16.0 Å². The van der Waals surface area contributed by atoms with Crippen LogP contribution in [0.25, 0.3) is 0 Å². The van der Waals surface area contributed by atoms with Gasteiger partial charge in [0.25, 0.3) is 0 Å². The highest BCUT2D eigenvalue weighted by Gasteiger charge is 2.28. The molecule has 1 unspecified atom stereocenters. The second-order valence-corrected chi connectivity index (χ2v) is 9.36. The Morgan fingerprint density at radius 1 is 1.12 bits per heavy atom. The Morgan fingerprint density at radius 2 is 1.81 bits per heavy atom. The summed E-state index contributed by atoms with van der Waals surface area (Å²) >= 11 is 0.